The molecular formula is C14H19N5OS. The maximum absolute atomic E-state index is 5.94. The Morgan fingerprint density at radius 1 is 1.38 bits per heavy atom. The first kappa shape index (κ1) is 14.1. The van der Waals surface area contributed by atoms with Crippen molar-refractivity contribution in [1.29, 1.82) is 0 Å². The number of ether oxygens (including phenoxy) is 1. The third kappa shape index (κ3) is 2.79. The standard InChI is InChI=1S/C14H19N5OS/c1-9(2)19-8-11(7-16-19)20-13-12(6-10(3)15)18-4-5-21-14(18)17-13/h4-5,7-10H,6,15H2,1-3H3. The number of imidazole rings is 1. The van der Waals surface area contributed by atoms with E-state index in [1.807, 2.05) is 33.8 Å². The molecule has 3 aromatic heterocycles. The molecule has 0 spiro atoms. The summed E-state index contributed by atoms with van der Waals surface area (Å²) in [6.45, 7) is 6.13. The van der Waals surface area contributed by atoms with Gasteiger partial charge in [-0.3, -0.25) is 9.08 Å². The number of aromatic nitrogens is 4. The third-order valence-electron chi connectivity index (χ3n) is 3.16. The van der Waals surface area contributed by atoms with Crippen molar-refractivity contribution >= 4 is 16.3 Å². The van der Waals surface area contributed by atoms with Crippen LogP contribution in [-0.2, 0) is 6.42 Å². The lowest BCUT2D eigenvalue weighted by Gasteiger charge is -2.07. The van der Waals surface area contributed by atoms with E-state index < -0.39 is 0 Å². The molecule has 0 saturated carbocycles. The van der Waals surface area contributed by atoms with Crippen molar-refractivity contribution in [3.05, 3.63) is 29.7 Å². The van der Waals surface area contributed by atoms with Crippen LogP contribution in [0.4, 0.5) is 0 Å². The predicted octanol–water partition coefficient (Wildman–Crippen LogP) is 2.86. The number of rotatable bonds is 5. The van der Waals surface area contributed by atoms with E-state index >= 15 is 0 Å². The van der Waals surface area contributed by atoms with Crippen LogP contribution in [0.3, 0.4) is 0 Å². The van der Waals surface area contributed by atoms with Gasteiger partial charge >= 0.3 is 0 Å². The average molecular weight is 305 g/mol. The Morgan fingerprint density at radius 2 is 2.19 bits per heavy atom. The van der Waals surface area contributed by atoms with Gasteiger partial charge in [0.05, 0.1) is 18.1 Å². The second-order valence-electron chi connectivity index (χ2n) is 5.45. The van der Waals surface area contributed by atoms with Crippen molar-refractivity contribution in [2.45, 2.75) is 39.3 Å². The topological polar surface area (TPSA) is 70.4 Å². The molecule has 0 radical (unpaired) electrons. The van der Waals surface area contributed by atoms with Gasteiger partial charge in [-0.1, -0.05) is 0 Å². The molecule has 6 nitrogen and oxygen atoms in total. The van der Waals surface area contributed by atoms with E-state index in [4.69, 9.17) is 10.5 Å². The molecule has 0 aliphatic rings. The maximum atomic E-state index is 5.94. The minimum Gasteiger partial charge on any atom is -0.434 e. The van der Waals surface area contributed by atoms with Gasteiger partial charge < -0.3 is 10.5 Å². The Labute approximate surface area is 127 Å². The molecule has 3 aromatic rings. The largest absolute Gasteiger partial charge is 0.434 e. The molecule has 3 heterocycles. The van der Waals surface area contributed by atoms with Crippen LogP contribution in [0, 0.1) is 0 Å². The number of nitrogens with two attached hydrogens (primary N) is 1. The lowest BCUT2D eigenvalue weighted by Crippen LogP contribution is -2.19. The van der Waals surface area contributed by atoms with E-state index in [2.05, 4.69) is 23.9 Å². The molecular weight excluding hydrogens is 286 g/mol. The van der Waals surface area contributed by atoms with E-state index in [-0.39, 0.29) is 6.04 Å². The average Bonchev–Trinajstić information content (AvgIpc) is 3.08. The summed E-state index contributed by atoms with van der Waals surface area (Å²) < 4.78 is 9.82. The molecule has 0 amide bonds. The van der Waals surface area contributed by atoms with Gasteiger partial charge in [-0.25, -0.2) is 0 Å². The van der Waals surface area contributed by atoms with Crippen LogP contribution in [-0.4, -0.2) is 25.2 Å². The van der Waals surface area contributed by atoms with E-state index in [1.54, 1.807) is 17.5 Å². The quantitative estimate of drug-likeness (QED) is 0.787. The van der Waals surface area contributed by atoms with Crippen molar-refractivity contribution in [2.24, 2.45) is 5.73 Å². The van der Waals surface area contributed by atoms with E-state index in [9.17, 15) is 0 Å². The minimum absolute atomic E-state index is 0.0468. The Hall–Kier alpha value is -1.86. The van der Waals surface area contributed by atoms with Crippen molar-refractivity contribution in [1.82, 2.24) is 19.2 Å². The normalized spacial score (nSPS) is 13.2. The molecule has 1 unspecified atom stereocenters. The number of hydrogen-bond acceptors (Lipinski definition) is 5. The van der Waals surface area contributed by atoms with Gasteiger partial charge in [0.1, 0.15) is 0 Å². The van der Waals surface area contributed by atoms with Crippen LogP contribution in [0.15, 0.2) is 24.0 Å². The Bertz CT molecular complexity index is 740. The zero-order valence-electron chi connectivity index (χ0n) is 12.4. The van der Waals surface area contributed by atoms with Crippen LogP contribution >= 0.6 is 11.3 Å². The molecule has 0 fully saturated rings. The van der Waals surface area contributed by atoms with Gasteiger partial charge in [0, 0.05) is 30.1 Å². The summed E-state index contributed by atoms with van der Waals surface area (Å²) >= 11 is 1.58. The Balaban J connectivity index is 1.93. The first-order valence-corrected chi connectivity index (χ1v) is 7.84. The molecule has 0 saturated heterocycles. The fraction of sp³-hybridized carbons (Fsp3) is 0.429. The SMILES string of the molecule is CC(N)Cc1c(Oc2cnn(C(C)C)c2)nc2sccn12. The number of fused-ring (bicyclic) bond motifs is 1. The molecule has 112 valence electrons. The van der Waals surface area contributed by atoms with Gasteiger partial charge in [0.2, 0.25) is 5.88 Å². The van der Waals surface area contributed by atoms with E-state index in [1.165, 1.54) is 0 Å². The summed E-state index contributed by atoms with van der Waals surface area (Å²) in [5.74, 6) is 1.31. The fourth-order valence-electron chi connectivity index (χ4n) is 2.15. The molecule has 0 aromatic carbocycles. The molecule has 1 atom stereocenters. The molecule has 0 aliphatic carbocycles. The van der Waals surface area contributed by atoms with Crippen molar-refractivity contribution in [3.8, 4) is 11.6 Å². The number of thiazole rings is 1. The highest BCUT2D eigenvalue weighted by Crippen LogP contribution is 2.28. The molecule has 0 aliphatic heterocycles. The van der Waals surface area contributed by atoms with Crippen molar-refractivity contribution in [2.75, 3.05) is 0 Å². The van der Waals surface area contributed by atoms with Crippen molar-refractivity contribution < 1.29 is 4.74 Å². The first-order valence-electron chi connectivity index (χ1n) is 6.96. The highest BCUT2D eigenvalue weighted by Gasteiger charge is 2.17. The van der Waals surface area contributed by atoms with Crippen LogP contribution in [0.1, 0.15) is 32.5 Å². The van der Waals surface area contributed by atoms with Crippen LogP contribution < -0.4 is 10.5 Å². The Kier molecular flexibility index (Phi) is 3.69. The molecule has 7 heteroatoms. The van der Waals surface area contributed by atoms with Gasteiger partial charge in [0.25, 0.3) is 0 Å². The lowest BCUT2D eigenvalue weighted by molar-refractivity contribution is 0.453. The summed E-state index contributed by atoms with van der Waals surface area (Å²) in [5.41, 5.74) is 6.94. The summed E-state index contributed by atoms with van der Waals surface area (Å²) in [5, 5.41) is 6.29. The molecule has 3 rings (SSSR count). The summed E-state index contributed by atoms with van der Waals surface area (Å²) in [6, 6.07) is 0.349. The first-order chi connectivity index (χ1) is 10.0. The third-order valence-corrected chi connectivity index (χ3v) is 3.92. The number of nitrogens with zero attached hydrogens (tertiary/aromatic N) is 4. The molecule has 0 bridgehead atoms. The van der Waals surface area contributed by atoms with Crippen LogP contribution in [0.25, 0.3) is 4.96 Å². The Morgan fingerprint density at radius 3 is 2.86 bits per heavy atom. The fourth-order valence-corrected chi connectivity index (χ4v) is 2.88. The maximum Gasteiger partial charge on any atom is 0.242 e. The molecule has 2 N–H and O–H groups in total. The zero-order chi connectivity index (χ0) is 15.0. The minimum atomic E-state index is 0.0468. The summed E-state index contributed by atoms with van der Waals surface area (Å²) in [6.07, 6.45) is 6.30. The van der Waals surface area contributed by atoms with E-state index in [0.29, 0.717) is 24.1 Å². The van der Waals surface area contributed by atoms with Crippen LogP contribution in [0.2, 0.25) is 0 Å². The highest BCUT2D eigenvalue weighted by molar-refractivity contribution is 7.15. The highest BCUT2D eigenvalue weighted by atomic mass is 32.1. The lowest BCUT2D eigenvalue weighted by atomic mass is 10.2. The monoisotopic (exact) mass is 305 g/mol. The summed E-state index contributed by atoms with van der Waals surface area (Å²) in [7, 11) is 0. The van der Waals surface area contributed by atoms with Crippen molar-refractivity contribution in [3.63, 3.8) is 0 Å². The van der Waals surface area contributed by atoms with Gasteiger partial charge in [-0.05, 0) is 20.8 Å². The van der Waals surface area contributed by atoms with Crippen LogP contribution in [0.5, 0.6) is 11.6 Å². The van der Waals surface area contributed by atoms with E-state index in [0.717, 1.165) is 10.7 Å². The molecule has 21 heavy (non-hydrogen) atoms. The summed E-state index contributed by atoms with van der Waals surface area (Å²) in [4.78, 5) is 5.46. The van der Waals surface area contributed by atoms with Gasteiger partial charge in [-0.2, -0.15) is 10.1 Å². The predicted molar refractivity (Wildman–Crippen MR) is 83.1 cm³/mol. The zero-order valence-corrected chi connectivity index (χ0v) is 13.2. The second kappa shape index (κ2) is 5.50. The number of hydrogen-bond donors (Lipinski definition) is 1. The second-order valence-corrected chi connectivity index (χ2v) is 6.33. The smallest absolute Gasteiger partial charge is 0.242 e. The van der Waals surface area contributed by atoms with Gasteiger partial charge in [0.15, 0.2) is 10.7 Å². The van der Waals surface area contributed by atoms with Gasteiger partial charge in [-0.15, -0.1) is 11.3 Å².